The fraction of sp³-hybridized carbons (Fsp3) is 0. The maximum absolute atomic E-state index is 10.6. The number of nitro groups is 1. The third-order valence-electron chi connectivity index (χ3n) is 1.88. The van der Waals surface area contributed by atoms with Crippen LogP contribution in [0.1, 0.15) is 0 Å². The molecule has 6 heteroatoms. The van der Waals surface area contributed by atoms with E-state index in [4.69, 9.17) is 5.73 Å². The zero-order valence-corrected chi connectivity index (χ0v) is 8.64. The van der Waals surface area contributed by atoms with E-state index in [1.807, 2.05) is 0 Å². The van der Waals surface area contributed by atoms with Crippen LogP contribution in [0.5, 0.6) is 0 Å². The second kappa shape index (κ2) is 3.14. The van der Waals surface area contributed by atoms with Gasteiger partial charge in [-0.25, -0.2) is 0 Å². The quantitative estimate of drug-likeness (QED) is 0.446. The van der Waals surface area contributed by atoms with Gasteiger partial charge in [-0.3, -0.25) is 10.1 Å². The molecule has 0 amide bonds. The summed E-state index contributed by atoms with van der Waals surface area (Å²) in [5, 5.41) is 13.0. The molecular weight excluding hydrogens is 220 g/mol. The van der Waals surface area contributed by atoms with Crippen LogP contribution in [-0.2, 0) is 0 Å². The summed E-state index contributed by atoms with van der Waals surface area (Å²) in [5.41, 5.74) is 6.25. The molecule has 0 saturated heterocycles. The van der Waals surface area contributed by atoms with Crippen molar-refractivity contribution in [1.29, 1.82) is 0 Å². The maximum atomic E-state index is 10.6. The number of anilines is 1. The molecule has 72 valence electrons. The molecule has 0 spiro atoms. The number of hydrogen-bond acceptors (Lipinski definition) is 5. The smallest absolute Gasteiger partial charge is 0.271 e. The first kappa shape index (κ1) is 9.29. The number of nitrogens with zero attached hydrogens (tertiary/aromatic N) is 1. The Morgan fingerprint density at radius 3 is 2.86 bits per heavy atom. The lowest BCUT2D eigenvalue weighted by atomic mass is 10.2. The molecule has 0 saturated carbocycles. The highest BCUT2D eigenvalue weighted by Gasteiger charge is 2.12. The van der Waals surface area contributed by atoms with Gasteiger partial charge in [0.25, 0.3) is 5.69 Å². The van der Waals surface area contributed by atoms with Gasteiger partial charge in [0.1, 0.15) is 0 Å². The standard InChI is InChI=1S/C8H6N2O2S2/c9-6-3-14-8-5(6)1-4(10(11)12)2-7(8)13/h1-3,13H,9H2. The van der Waals surface area contributed by atoms with E-state index in [1.165, 1.54) is 23.5 Å². The van der Waals surface area contributed by atoms with Crippen LogP contribution in [0.25, 0.3) is 10.1 Å². The van der Waals surface area contributed by atoms with E-state index in [0.29, 0.717) is 16.0 Å². The van der Waals surface area contributed by atoms with Crippen LogP contribution in [0.4, 0.5) is 11.4 Å². The van der Waals surface area contributed by atoms with E-state index < -0.39 is 4.92 Å². The SMILES string of the molecule is Nc1csc2c(S)cc([N+](=O)[O-])cc12. The number of nitrogen functional groups attached to an aromatic ring is 1. The van der Waals surface area contributed by atoms with Crippen LogP contribution in [0.15, 0.2) is 22.4 Å². The van der Waals surface area contributed by atoms with E-state index in [-0.39, 0.29) is 5.69 Å². The van der Waals surface area contributed by atoms with E-state index in [9.17, 15) is 10.1 Å². The first-order valence-electron chi connectivity index (χ1n) is 3.73. The molecule has 2 rings (SSSR count). The van der Waals surface area contributed by atoms with Gasteiger partial charge in [-0.05, 0) is 0 Å². The molecular formula is C8H6N2O2S2. The highest BCUT2D eigenvalue weighted by Crippen LogP contribution is 2.35. The van der Waals surface area contributed by atoms with Crippen LogP contribution >= 0.6 is 24.0 Å². The predicted octanol–water partition coefficient (Wildman–Crippen LogP) is 2.68. The van der Waals surface area contributed by atoms with Crippen LogP contribution in [-0.4, -0.2) is 4.92 Å². The summed E-state index contributed by atoms with van der Waals surface area (Å²) < 4.78 is 0.886. The molecule has 0 radical (unpaired) electrons. The van der Waals surface area contributed by atoms with Gasteiger partial charge in [0.05, 0.1) is 15.3 Å². The average molecular weight is 226 g/mol. The van der Waals surface area contributed by atoms with Crippen molar-refractivity contribution in [2.75, 3.05) is 5.73 Å². The van der Waals surface area contributed by atoms with Crippen molar-refractivity contribution >= 4 is 45.4 Å². The van der Waals surface area contributed by atoms with E-state index >= 15 is 0 Å². The summed E-state index contributed by atoms with van der Waals surface area (Å²) in [5.74, 6) is 0. The molecule has 0 atom stereocenters. The summed E-state index contributed by atoms with van der Waals surface area (Å²) >= 11 is 5.62. The monoisotopic (exact) mass is 226 g/mol. The van der Waals surface area contributed by atoms with Crippen LogP contribution < -0.4 is 5.73 Å². The maximum Gasteiger partial charge on any atom is 0.271 e. The van der Waals surface area contributed by atoms with Crippen molar-refractivity contribution in [2.45, 2.75) is 4.90 Å². The Morgan fingerprint density at radius 1 is 1.50 bits per heavy atom. The third-order valence-corrected chi connectivity index (χ3v) is 3.43. The number of thiophene rings is 1. The minimum atomic E-state index is -0.448. The Kier molecular flexibility index (Phi) is 2.09. The molecule has 0 aliphatic heterocycles. The van der Waals surface area contributed by atoms with Crippen LogP contribution in [0.3, 0.4) is 0 Å². The first-order chi connectivity index (χ1) is 6.59. The minimum Gasteiger partial charge on any atom is -0.398 e. The summed E-state index contributed by atoms with van der Waals surface area (Å²) in [4.78, 5) is 10.7. The number of fused-ring (bicyclic) bond motifs is 1. The highest BCUT2D eigenvalue weighted by molar-refractivity contribution is 7.80. The lowest BCUT2D eigenvalue weighted by Gasteiger charge is -1.96. The number of nitro benzene ring substituents is 1. The number of rotatable bonds is 1. The second-order valence-corrected chi connectivity index (χ2v) is 4.15. The first-order valence-corrected chi connectivity index (χ1v) is 5.06. The fourth-order valence-electron chi connectivity index (χ4n) is 1.23. The van der Waals surface area contributed by atoms with Gasteiger partial charge in [0.15, 0.2) is 0 Å². The van der Waals surface area contributed by atoms with Crippen molar-refractivity contribution < 1.29 is 4.92 Å². The minimum absolute atomic E-state index is 0.0209. The van der Waals surface area contributed by atoms with E-state index in [0.717, 1.165) is 4.70 Å². The number of hydrogen-bond donors (Lipinski definition) is 2. The van der Waals surface area contributed by atoms with Crippen molar-refractivity contribution in [3.05, 3.63) is 27.6 Å². The second-order valence-electron chi connectivity index (χ2n) is 2.79. The number of thiol groups is 1. The third kappa shape index (κ3) is 1.32. The summed E-state index contributed by atoms with van der Waals surface area (Å²) in [6, 6.07) is 2.91. The summed E-state index contributed by atoms with van der Waals surface area (Å²) in [6.45, 7) is 0. The predicted molar refractivity (Wildman–Crippen MR) is 60.1 cm³/mol. The lowest BCUT2D eigenvalue weighted by molar-refractivity contribution is -0.384. The Morgan fingerprint density at radius 2 is 2.21 bits per heavy atom. The van der Waals surface area contributed by atoms with Gasteiger partial charge in [-0.15, -0.1) is 24.0 Å². The number of benzene rings is 1. The topological polar surface area (TPSA) is 69.2 Å². The molecule has 2 aromatic rings. The van der Waals surface area contributed by atoms with Crippen molar-refractivity contribution in [3.8, 4) is 0 Å². The van der Waals surface area contributed by atoms with Gasteiger partial charge < -0.3 is 5.73 Å². The molecule has 0 bridgehead atoms. The largest absolute Gasteiger partial charge is 0.398 e. The molecule has 1 heterocycles. The normalized spacial score (nSPS) is 10.6. The van der Waals surface area contributed by atoms with Crippen LogP contribution in [0.2, 0.25) is 0 Å². The van der Waals surface area contributed by atoms with Crippen molar-refractivity contribution in [3.63, 3.8) is 0 Å². The Balaban J connectivity index is 2.82. The lowest BCUT2D eigenvalue weighted by Crippen LogP contribution is -1.88. The Labute approximate surface area is 88.9 Å². The van der Waals surface area contributed by atoms with E-state index in [2.05, 4.69) is 12.6 Å². The Hall–Kier alpha value is -1.27. The molecule has 0 fully saturated rings. The molecule has 2 N–H and O–H groups in total. The van der Waals surface area contributed by atoms with Gasteiger partial charge in [-0.2, -0.15) is 0 Å². The fourth-order valence-corrected chi connectivity index (χ4v) is 2.49. The van der Waals surface area contributed by atoms with E-state index in [1.54, 1.807) is 5.38 Å². The molecule has 1 aromatic heterocycles. The van der Waals surface area contributed by atoms with Gasteiger partial charge >= 0.3 is 0 Å². The molecule has 0 aliphatic rings. The summed E-state index contributed by atoms with van der Waals surface area (Å²) in [7, 11) is 0. The summed E-state index contributed by atoms with van der Waals surface area (Å²) in [6.07, 6.45) is 0. The van der Waals surface area contributed by atoms with Crippen molar-refractivity contribution in [2.24, 2.45) is 0 Å². The molecule has 1 aromatic carbocycles. The molecule has 4 nitrogen and oxygen atoms in total. The zero-order chi connectivity index (χ0) is 10.3. The van der Waals surface area contributed by atoms with Gasteiger partial charge in [-0.1, -0.05) is 0 Å². The molecule has 14 heavy (non-hydrogen) atoms. The molecule has 0 unspecified atom stereocenters. The zero-order valence-electron chi connectivity index (χ0n) is 6.93. The van der Waals surface area contributed by atoms with Gasteiger partial charge in [0, 0.05) is 27.8 Å². The highest BCUT2D eigenvalue weighted by atomic mass is 32.1. The average Bonchev–Trinajstić information content (AvgIpc) is 2.48. The van der Waals surface area contributed by atoms with Crippen molar-refractivity contribution in [1.82, 2.24) is 0 Å². The number of non-ortho nitro benzene ring substituents is 1. The number of nitrogens with two attached hydrogens (primary N) is 1. The van der Waals surface area contributed by atoms with Gasteiger partial charge in [0.2, 0.25) is 0 Å². The molecule has 0 aliphatic carbocycles. The van der Waals surface area contributed by atoms with Crippen LogP contribution in [0, 0.1) is 10.1 Å². The Bertz CT molecular complexity index is 521.